The van der Waals surface area contributed by atoms with E-state index < -0.39 is 12.0 Å². The lowest BCUT2D eigenvalue weighted by Gasteiger charge is -2.22. The number of carboxylic acid groups (broad SMARTS) is 1. The second-order valence-corrected chi connectivity index (χ2v) is 4.79. The average Bonchev–Trinajstić information content (AvgIpc) is 2.53. The molecule has 2 N–H and O–H groups in total. The predicted molar refractivity (Wildman–Crippen MR) is 65.8 cm³/mol. The molecule has 17 heavy (non-hydrogen) atoms. The lowest BCUT2D eigenvalue weighted by Crippen LogP contribution is -2.42. The average molecular weight is 239 g/mol. The molecule has 96 valence electrons. The molecule has 5 nitrogen and oxygen atoms in total. The quantitative estimate of drug-likeness (QED) is 0.817. The summed E-state index contributed by atoms with van der Waals surface area (Å²) < 4.78 is 1.74. The number of rotatable bonds is 5. The Morgan fingerprint density at radius 2 is 2.06 bits per heavy atom. The second kappa shape index (κ2) is 5.31. The normalized spacial score (nSPS) is 14.9. The van der Waals surface area contributed by atoms with Gasteiger partial charge in [0.05, 0.1) is 5.69 Å². The molecule has 0 fully saturated rings. The molecule has 1 heterocycles. The van der Waals surface area contributed by atoms with Crippen molar-refractivity contribution in [2.75, 3.05) is 0 Å². The maximum atomic E-state index is 11.1. The van der Waals surface area contributed by atoms with Crippen molar-refractivity contribution in [3.63, 3.8) is 0 Å². The Kier molecular flexibility index (Phi) is 4.28. The Balaban J connectivity index is 2.80. The van der Waals surface area contributed by atoms with Gasteiger partial charge in [-0.3, -0.25) is 14.8 Å². The standard InChI is InChI=1S/C12H21N3O2/c1-7(2)11(12(16)17)13-8(3)10-6-15(5)14-9(10)4/h6-8,11,13H,1-5H3,(H,16,17). The number of hydrogen-bond donors (Lipinski definition) is 2. The third-order valence-corrected chi connectivity index (χ3v) is 2.88. The van der Waals surface area contributed by atoms with Crippen LogP contribution in [0.5, 0.6) is 0 Å². The molecule has 1 aromatic heterocycles. The zero-order valence-corrected chi connectivity index (χ0v) is 11.1. The summed E-state index contributed by atoms with van der Waals surface area (Å²) in [6.07, 6.45) is 1.92. The van der Waals surface area contributed by atoms with Crippen molar-refractivity contribution in [1.82, 2.24) is 15.1 Å². The summed E-state index contributed by atoms with van der Waals surface area (Å²) >= 11 is 0. The van der Waals surface area contributed by atoms with Crippen LogP contribution in [0.1, 0.15) is 38.1 Å². The van der Waals surface area contributed by atoms with Crippen molar-refractivity contribution in [2.24, 2.45) is 13.0 Å². The number of hydrogen-bond acceptors (Lipinski definition) is 3. The van der Waals surface area contributed by atoms with Crippen molar-refractivity contribution in [1.29, 1.82) is 0 Å². The van der Waals surface area contributed by atoms with Crippen LogP contribution < -0.4 is 5.32 Å². The van der Waals surface area contributed by atoms with E-state index in [1.807, 2.05) is 40.9 Å². The Morgan fingerprint density at radius 1 is 1.47 bits per heavy atom. The highest BCUT2D eigenvalue weighted by molar-refractivity contribution is 5.73. The lowest BCUT2D eigenvalue weighted by atomic mass is 10.0. The lowest BCUT2D eigenvalue weighted by molar-refractivity contribution is -0.140. The van der Waals surface area contributed by atoms with E-state index in [2.05, 4.69) is 10.4 Å². The van der Waals surface area contributed by atoms with Crippen LogP contribution in [0.3, 0.4) is 0 Å². The first kappa shape index (κ1) is 13.7. The van der Waals surface area contributed by atoms with Crippen molar-refractivity contribution in [3.05, 3.63) is 17.5 Å². The van der Waals surface area contributed by atoms with Crippen LogP contribution in [-0.4, -0.2) is 26.9 Å². The van der Waals surface area contributed by atoms with Crippen LogP contribution in [0.15, 0.2) is 6.20 Å². The van der Waals surface area contributed by atoms with Crippen LogP contribution in [0.25, 0.3) is 0 Å². The molecule has 1 aromatic rings. The van der Waals surface area contributed by atoms with Gasteiger partial charge in [0.25, 0.3) is 0 Å². The van der Waals surface area contributed by atoms with Gasteiger partial charge in [-0.2, -0.15) is 5.10 Å². The largest absolute Gasteiger partial charge is 0.480 e. The molecule has 2 unspecified atom stereocenters. The second-order valence-electron chi connectivity index (χ2n) is 4.79. The molecular formula is C12H21N3O2. The van der Waals surface area contributed by atoms with Crippen molar-refractivity contribution in [2.45, 2.75) is 39.8 Å². The van der Waals surface area contributed by atoms with Crippen LogP contribution in [0.2, 0.25) is 0 Å². The minimum atomic E-state index is -0.812. The Labute approximate surface area is 102 Å². The fourth-order valence-corrected chi connectivity index (χ4v) is 1.95. The number of aliphatic carboxylic acids is 1. The van der Waals surface area contributed by atoms with Crippen LogP contribution >= 0.6 is 0 Å². The number of carboxylic acids is 1. The summed E-state index contributed by atoms with van der Waals surface area (Å²) in [5.41, 5.74) is 1.97. The summed E-state index contributed by atoms with van der Waals surface area (Å²) in [4.78, 5) is 11.1. The molecule has 0 spiro atoms. The Morgan fingerprint density at radius 3 is 2.41 bits per heavy atom. The van der Waals surface area contributed by atoms with Crippen LogP contribution in [0.4, 0.5) is 0 Å². The molecule has 0 radical (unpaired) electrons. The van der Waals surface area contributed by atoms with Crippen molar-refractivity contribution < 1.29 is 9.90 Å². The SMILES string of the molecule is Cc1nn(C)cc1C(C)NC(C(=O)O)C(C)C. The molecule has 5 heteroatoms. The maximum absolute atomic E-state index is 11.1. The first-order valence-electron chi connectivity index (χ1n) is 5.82. The first-order chi connectivity index (χ1) is 7.82. The van der Waals surface area contributed by atoms with E-state index in [1.165, 1.54) is 0 Å². The number of nitrogens with one attached hydrogen (secondary N) is 1. The molecule has 1 rings (SSSR count). The van der Waals surface area contributed by atoms with E-state index in [4.69, 9.17) is 5.11 Å². The van der Waals surface area contributed by atoms with Gasteiger partial charge in [-0.15, -0.1) is 0 Å². The van der Waals surface area contributed by atoms with Crippen LogP contribution in [0, 0.1) is 12.8 Å². The van der Waals surface area contributed by atoms with E-state index in [1.54, 1.807) is 4.68 Å². The number of aryl methyl sites for hydroxylation is 2. The Hall–Kier alpha value is -1.36. The highest BCUT2D eigenvalue weighted by Gasteiger charge is 2.24. The highest BCUT2D eigenvalue weighted by atomic mass is 16.4. The molecule has 0 saturated heterocycles. The predicted octanol–water partition coefficient (Wildman–Crippen LogP) is 1.49. The number of nitrogens with zero attached hydrogens (tertiary/aromatic N) is 2. The summed E-state index contributed by atoms with van der Waals surface area (Å²) in [6.45, 7) is 7.68. The molecule has 0 amide bonds. The van der Waals surface area contributed by atoms with E-state index in [9.17, 15) is 4.79 Å². The minimum Gasteiger partial charge on any atom is -0.480 e. The number of aromatic nitrogens is 2. The van der Waals surface area contributed by atoms with Gasteiger partial charge in [0.15, 0.2) is 0 Å². The van der Waals surface area contributed by atoms with Gasteiger partial charge in [-0.1, -0.05) is 13.8 Å². The third-order valence-electron chi connectivity index (χ3n) is 2.88. The summed E-state index contributed by atoms with van der Waals surface area (Å²) in [7, 11) is 1.86. The monoisotopic (exact) mass is 239 g/mol. The molecule has 0 aliphatic carbocycles. The summed E-state index contributed by atoms with van der Waals surface area (Å²) in [6, 6.07) is -0.559. The van der Waals surface area contributed by atoms with E-state index >= 15 is 0 Å². The fraction of sp³-hybridized carbons (Fsp3) is 0.667. The van der Waals surface area contributed by atoms with Gasteiger partial charge in [-0.25, -0.2) is 0 Å². The summed E-state index contributed by atoms with van der Waals surface area (Å²) in [5, 5.41) is 16.5. The van der Waals surface area contributed by atoms with Gasteiger partial charge < -0.3 is 5.11 Å². The summed E-state index contributed by atoms with van der Waals surface area (Å²) in [5.74, 6) is -0.764. The molecule has 0 bridgehead atoms. The van der Waals surface area contributed by atoms with E-state index in [-0.39, 0.29) is 12.0 Å². The molecular weight excluding hydrogens is 218 g/mol. The van der Waals surface area contributed by atoms with Crippen molar-refractivity contribution >= 4 is 5.97 Å². The zero-order valence-electron chi connectivity index (χ0n) is 11.1. The van der Waals surface area contributed by atoms with Gasteiger partial charge in [0.1, 0.15) is 6.04 Å². The van der Waals surface area contributed by atoms with Gasteiger partial charge in [0.2, 0.25) is 0 Å². The topological polar surface area (TPSA) is 67.2 Å². The molecule has 0 saturated carbocycles. The van der Waals surface area contributed by atoms with Gasteiger partial charge >= 0.3 is 5.97 Å². The van der Waals surface area contributed by atoms with E-state index in [0.717, 1.165) is 11.3 Å². The fourth-order valence-electron chi connectivity index (χ4n) is 1.95. The minimum absolute atomic E-state index is 0.0211. The first-order valence-corrected chi connectivity index (χ1v) is 5.82. The smallest absolute Gasteiger partial charge is 0.320 e. The molecule has 0 aliphatic heterocycles. The molecule has 2 atom stereocenters. The van der Waals surface area contributed by atoms with Gasteiger partial charge in [-0.05, 0) is 19.8 Å². The van der Waals surface area contributed by atoms with Gasteiger partial charge in [0, 0.05) is 24.8 Å². The molecule has 0 aromatic carbocycles. The number of carbonyl (C=O) groups is 1. The van der Waals surface area contributed by atoms with Crippen molar-refractivity contribution in [3.8, 4) is 0 Å². The van der Waals surface area contributed by atoms with E-state index in [0.29, 0.717) is 0 Å². The zero-order chi connectivity index (χ0) is 13.2. The maximum Gasteiger partial charge on any atom is 0.320 e. The third kappa shape index (κ3) is 3.30. The Bertz CT molecular complexity index is 398. The van der Waals surface area contributed by atoms with Crippen LogP contribution in [-0.2, 0) is 11.8 Å². The highest BCUT2D eigenvalue weighted by Crippen LogP contribution is 2.17. The molecule has 0 aliphatic rings.